The normalized spacial score (nSPS) is 12.2. The summed E-state index contributed by atoms with van der Waals surface area (Å²) in [6.45, 7) is 4.91. The molecule has 0 heterocycles. The molecule has 0 bridgehead atoms. The minimum atomic E-state index is -0.625. The summed E-state index contributed by atoms with van der Waals surface area (Å²) in [6, 6.07) is 2.37. The first kappa shape index (κ1) is 16.9. The third kappa shape index (κ3) is 4.74. The Morgan fingerprint density at radius 3 is 2.70 bits per heavy atom. The maximum Gasteiger partial charge on any atom is 0.295 e. The monoisotopic (exact) mass is 346 g/mol. The van der Waals surface area contributed by atoms with Gasteiger partial charge in [0.15, 0.2) is 0 Å². The number of hydrogen-bond donors (Lipinski definition) is 1. The van der Waals surface area contributed by atoms with Crippen LogP contribution in [0.15, 0.2) is 16.6 Å². The number of anilines is 1. The smallest absolute Gasteiger partial charge is 0.295 e. The van der Waals surface area contributed by atoms with Crippen molar-refractivity contribution in [2.45, 2.75) is 39.5 Å². The number of halogens is 2. The molecule has 0 saturated carbocycles. The van der Waals surface area contributed by atoms with Crippen molar-refractivity contribution in [3.8, 4) is 0 Å². The van der Waals surface area contributed by atoms with E-state index in [2.05, 4.69) is 35.1 Å². The van der Waals surface area contributed by atoms with Gasteiger partial charge in [0.2, 0.25) is 0 Å². The summed E-state index contributed by atoms with van der Waals surface area (Å²) < 4.78 is 13.6. The lowest BCUT2D eigenvalue weighted by Crippen LogP contribution is -2.14. The Kier molecular flexibility index (Phi) is 6.91. The van der Waals surface area contributed by atoms with E-state index in [-0.39, 0.29) is 10.2 Å². The van der Waals surface area contributed by atoms with Gasteiger partial charge in [0.25, 0.3) is 5.69 Å². The molecule has 0 aliphatic carbocycles. The molecule has 0 aliphatic heterocycles. The van der Waals surface area contributed by atoms with Crippen LogP contribution in [0.3, 0.4) is 0 Å². The highest BCUT2D eigenvalue weighted by molar-refractivity contribution is 9.10. The van der Waals surface area contributed by atoms with Crippen LogP contribution in [0.4, 0.5) is 15.8 Å². The predicted molar refractivity (Wildman–Crippen MR) is 82.6 cm³/mol. The van der Waals surface area contributed by atoms with Crippen LogP contribution in [0.2, 0.25) is 0 Å². The fraction of sp³-hybridized carbons (Fsp3) is 0.571. The molecule has 1 atom stereocenters. The van der Waals surface area contributed by atoms with Gasteiger partial charge in [-0.1, -0.05) is 33.1 Å². The van der Waals surface area contributed by atoms with Gasteiger partial charge in [0, 0.05) is 6.54 Å². The molecule has 0 fully saturated rings. The highest BCUT2D eigenvalue weighted by Crippen LogP contribution is 2.31. The molecule has 1 unspecified atom stereocenters. The number of benzene rings is 1. The van der Waals surface area contributed by atoms with E-state index in [0.717, 1.165) is 31.7 Å². The lowest BCUT2D eigenvalue weighted by molar-refractivity contribution is -0.384. The van der Waals surface area contributed by atoms with Gasteiger partial charge in [0.1, 0.15) is 11.5 Å². The van der Waals surface area contributed by atoms with Gasteiger partial charge >= 0.3 is 0 Å². The van der Waals surface area contributed by atoms with Gasteiger partial charge in [0.05, 0.1) is 15.5 Å². The second-order valence-electron chi connectivity index (χ2n) is 4.84. The molecular weight excluding hydrogens is 327 g/mol. The molecule has 0 aliphatic rings. The zero-order valence-corrected chi connectivity index (χ0v) is 13.4. The van der Waals surface area contributed by atoms with Crippen molar-refractivity contribution >= 4 is 27.3 Å². The first-order chi connectivity index (χ1) is 9.49. The van der Waals surface area contributed by atoms with Crippen LogP contribution in [0.5, 0.6) is 0 Å². The number of nitrogens with zero attached hydrogens (tertiary/aromatic N) is 1. The summed E-state index contributed by atoms with van der Waals surface area (Å²) >= 11 is 3.06. The standard InChI is InChI=1S/C14H20BrFN2O2/c1-3-5-6-10(4-2)9-17-13-7-11(15)12(16)8-14(13)18(19)20/h7-8,10,17H,3-6,9H2,1-2H3. The molecule has 0 aromatic heterocycles. The van der Waals surface area contributed by atoms with Crippen LogP contribution in [-0.4, -0.2) is 11.5 Å². The van der Waals surface area contributed by atoms with E-state index in [1.54, 1.807) is 0 Å². The number of hydrogen-bond acceptors (Lipinski definition) is 3. The molecule has 1 aromatic carbocycles. The molecule has 0 spiro atoms. The molecule has 1 N–H and O–H groups in total. The number of rotatable bonds is 8. The predicted octanol–water partition coefficient (Wildman–Crippen LogP) is 5.12. The zero-order valence-electron chi connectivity index (χ0n) is 11.8. The molecule has 0 saturated heterocycles. The fourth-order valence-corrected chi connectivity index (χ4v) is 2.37. The quantitative estimate of drug-likeness (QED) is 0.524. The zero-order chi connectivity index (χ0) is 15.1. The van der Waals surface area contributed by atoms with Crippen LogP contribution in [0.25, 0.3) is 0 Å². The molecule has 0 radical (unpaired) electrons. The van der Waals surface area contributed by atoms with E-state index in [4.69, 9.17) is 0 Å². The third-order valence-electron chi connectivity index (χ3n) is 3.36. The summed E-state index contributed by atoms with van der Waals surface area (Å²) in [5.41, 5.74) is 0.134. The van der Waals surface area contributed by atoms with Crippen LogP contribution >= 0.6 is 15.9 Å². The third-order valence-corrected chi connectivity index (χ3v) is 3.97. The lowest BCUT2D eigenvalue weighted by atomic mass is 9.99. The summed E-state index contributed by atoms with van der Waals surface area (Å²) in [4.78, 5) is 10.4. The average Bonchev–Trinajstić information content (AvgIpc) is 2.42. The number of unbranched alkanes of at least 4 members (excludes halogenated alkanes) is 1. The van der Waals surface area contributed by atoms with Crippen molar-refractivity contribution in [2.24, 2.45) is 5.92 Å². The molecular formula is C14H20BrFN2O2. The van der Waals surface area contributed by atoms with Crippen molar-refractivity contribution < 1.29 is 9.31 Å². The van der Waals surface area contributed by atoms with E-state index < -0.39 is 10.7 Å². The minimum absolute atomic E-state index is 0.226. The Morgan fingerprint density at radius 2 is 2.15 bits per heavy atom. The van der Waals surface area contributed by atoms with Crippen molar-refractivity contribution in [2.75, 3.05) is 11.9 Å². The van der Waals surface area contributed by atoms with Gasteiger partial charge in [-0.3, -0.25) is 10.1 Å². The SMILES string of the molecule is CCCCC(CC)CNc1cc(Br)c(F)cc1[N+](=O)[O-]. The van der Waals surface area contributed by atoms with Crippen molar-refractivity contribution in [3.63, 3.8) is 0 Å². The Bertz CT molecular complexity index is 469. The number of nitro benzene ring substituents is 1. The maximum atomic E-state index is 13.4. The first-order valence-corrected chi connectivity index (χ1v) is 7.66. The second kappa shape index (κ2) is 8.19. The van der Waals surface area contributed by atoms with Gasteiger partial charge in [-0.15, -0.1) is 0 Å². The highest BCUT2D eigenvalue weighted by Gasteiger charge is 2.18. The van der Waals surface area contributed by atoms with Gasteiger partial charge in [-0.25, -0.2) is 4.39 Å². The maximum absolute atomic E-state index is 13.4. The van der Waals surface area contributed by atoms with Crippen LogP contribution in [0, 0.1) is 21.8 Å². The summed E-state index contributed by atoms with van der Waals surface area (Å²) in [5, 5.41) is 14.0. The largest absolute Gasteiger partial charge is 0.379 e. The number of nitro groups is 1. The van der Waals surface area contributed by atoms with Crippen molar-refractivity contribution in [1.29, 1.82) is 0 Å². The average molecular weight is 347 g/mol. The topological polar surface area (TPSA) is 55.2 Å². The van der Waals surface area contributed by atoms with Gasteiger partial charge < -0.3 is 5.32 Å². The summed E-state index contributed by atoms with van der Waals surface area (Å²) in [5.74, 6) is -0.154. The summed E-state index contributed by atoms with van der Waals surface area (Å²) in [6.07, 6.45) is 4.40. The molecule has 6 heteroatoms. The molecule has 112 valence electrons. The molecule has 0 amide bonds. The van der Waals surface area contributed by atoms with Crippen molar-refractivity contribution in [3.05, 3.63) is 32.5 Å². The van der Waals surface area contributed by atoms with E-state index >= 15 is 0 Å². The first-order valence-electron chi connectivity index (χ1n) is 6.86. The van der Waals surface area contributed by atoms with Crippen LogP contribution < -0.4 is 5.32 Å². The second-order valence-corrected chi connectivity index (χ2v) is 5.69. The number of nitrogens with one attached hydrogen (secondary N) is 1. The van der Waals surface area contributed by atoms with E-state index in [9.17, 15) is 14.5 Å². The minimum Gasteiger partial charge on any atom is -0.379 e. The van der Waals surface area contributed by atoms with Crippen LogP contribution in [-0.2, 0) is 0 Å². The molecule has 20 heavy (non-hydrogen) atoms. The van der Waals surface area contributed by atoms with E-state index in [0.29, 0.717) is 18.2 Å². The Labute approximate surface area is 127 Å². The van der Waals surface area contributed by atoms with E-state index in [1.807, 2.05) is 0 Å². The van der Waals surface area contributed by atoms with E-state index in [1.165, 1.54) is 6.07 Å². The van der Waals surface area contributed by atoms with Crippen molar-refractivity contribution in [1.82, 2.24) is 0 Å². The van der Waals surface area contributed by atoms with Gasteiger partial charge in [-0.05, 0) is 34.3 Å². The summed E-state index contributed by atoms with van der Waals surface area (Å²) in [7, 11) is 0. The lowest BCUT2D eigenvalue weighted by Gasteiger charge is -2.16. The molecule has 4 nitrogen and oxygen atoms in total. The molecule has 1 aromatic rings. The van der Waals surface area contributed by atoms with Gasteiger partial charge in [-0.2, -0.15) is 0 Å². The van der Waals surface area contributed by atoms with Crippen LogP contribution in [0.1, 0.15) is 39.5 Å². The highest BCUT2D eigenvalue weighted by atomic mass is 79.9. The Balaban J connectivity index is 2.80. The fourth-order valence-electron chi connectivity index (χ4n) is 2.03. The Morgan fingerprint density at radius 1 is 1.45 bits per heavy atom. The Hall–Kier alpha value is -1.17. The molecule has 1 rings (SSSR count).